The predicted molar refractivity (Wildman–Crippen MR) is 121 cm³/mol. The van der Waals surface area contributed by atoms with Crippen LogP contribution in [0.15, 0.2) is 66.2 Å². The first-order chi connectivity index (χ1) is 14.9. The molecule has 7 heteroatoms. The Kier molecular flexibility index (Phi) is 6.01. The van der Waals surface area contributed by atoms with E-state index < -0.39 is 17.7 Å². The van der Waals surface area contributed by atoms with Crippen LogP contribution in [0.3, 0.4) is 0 Å². The summed E-state index contributed by atoms with van der Waals surface area (Å²) in [6.45, 7) is 0.418. The van der Waals surface area contributed by atoms with Gasteiger partial charge in [0.25, 0.3) is 11.7 Å². The standard InChI is InChI=1S/C24H19Cl2NO4/c1-31-11-10-27-21(16-8-9-18(25)19(26)13-16)20(23(29)24(27)30)22(28)17-7-6-14-4-2-3-5-15(14)12-17/h2-9,12-13,21,28H,10-11H2,1H3/b22-20-. The monoisotopic (exact) mass is 455 g/mol. The zero-order valence-corrected chi connectivity index (χ0v) is 18.2. The molecule has 31 heavy (non-hydrogen) atoms. The molecule has 1 atom stereocenters. The SMILES string of the molecule is COCCN1C(=O)C(=O)/C(=C(\O)c2ccc3ccccc3c2)C1c1ccc(Cl)c(Cl)c1. The van der Waals surface area contributed by atoms with Crippen molar-refractivity contribution in [2.45, 2.75) is 6.04 Å². The van der Waals surface area contributed by atoms with Crippen molar-refractivity contribution in [1.29, 1.82) is 0 Å². The number of hydrogen-bond acceptors (Lipinski definition) is 4. The van der Waals surface area contributed by atoms with Crippen LogP contribution in [-0.4, -0.2) is 42.0 Å². The average molecular weight is 456 g/mol. The van der Waals surface area contributed by atoms with Crippen LogP contribution >= 0.6 is 23.2 Å². The van der Waals surface area contributed by atoms with Gasteiger partial charge in [0.2, 0.25) is 0 Å². The highest BCUT2D eigenvalue weighted by atomic mass is 35.5. The minimum absolute atomic E-state index is 0.00905. The van der Waals surface area contributed by atoms with Crippen molar-refractivity contribution >= 4 is 51.4 Å². The Labute approximate surface area is 189 Å². The van der Waals surface area contributed by atoms with Gasteiger partial charge >= 0.3 is 0 Å². The summed E-state index contributed by atoms with van der Waals surface area (Å²) in [4.78, 5) is 27.2. The molecule has 0 spiro atoms. The number of amides is 1. The summed E-state index contributed by atoms with van der Waals surface area (Å²) < 4.78 is 5.11. The first-order valence-electron chi connectivity index (χ1n) is 9.64. The van der Waals surface area contributed by atoms with Gasteiger partial charge in [0, 0.05) is 19.2 Å². The number of rotatable bonds is 5. The van der Waals surface area contributed by atoms with Gasteiger partial charge in [0.15, 0.2) is 0 Å². The third-order valence-corrected chi connectivity index (χ3v) is 6.10. The third-order valence-electron chi connectivity index (χ3n) is 5.36. The molecule has 0 bridgehead atoms. The molecule has 4 rings (SSSR count). The molecule has 1 amide bonds. The molecule has 1 aliphatic rings. The Bertz CT molecular complexity index is 1220. The molecular formula is C24H19Cl2NO4. The molecule has 3 aromatic rings. The van der Waals surface area contributed by atoms with E-state index >= 15 is 0 Å². The normalized spacial score (nSPS) is 18.2. The van der Waals surface area contributed by atoms with E-state index in [-0.39, 0.29) is 24.5 Å². The minimum atomic E-state index is -0.809. The smallest absolute Gasteiger partial charge is 0.295 e. The van der Waals surface area contributed by atoms with Gasteiger partial charge in [0.1, 0.15) is 5.76 Å². The quantitative estimate of drug-likeness (QED) is 0.325. The van der Waals surface area contributed by atoms with Gasteiger partial charge in [-0.25, -0.2) is 0 Å². The van der Waals surface area contributed by atoms with Gasteiger partial charge in [-0.15, -0.1) is 0 Å². The molecule has 0 aromatic heterocycles. The molecule has 3 aromatic carbocycles. The highest BCUT2D eigenvalue weighted by Gasteiger charge is 2.46. The van der Waals surface area contributed by atoms with Gasteiger partial charge in [0.05, 0.1) is 28.3 Å². The van der Waals surface area contributed by atoms with Crippen LogP contribution in [0, 0.1) is 0 Å². The van der Waals surface area contributed by atoms with Gasteiger partial charge in [-0.3, -0.25) is 9.59 Å². The van der Waals surface area contributed by atoms with E-state index in [1.807, 2.05) is 30.3 Å². The number of carbonyl (C=O) groups excluding carboxylic acids is 2. The van der Waals surface area contributed by atoms with Crippen molar-refractivity contribution in [2.24, 2.45) is 0 Å². The minimum Gasteiger partial charge on any atom is -0.507 e. The number of benzene rings is 3. The summed E-state index contributed by atoms with van der Waals surface area (Å²) in [5.74, 6) is -1.69. The molecule has 0 radical (unpaired) electrons. The number of Topliss-reactive ketones (excluding diaryl/α,β-unsaturated/α-hetero) is 1. The molecule has 1 aliphatic heterocycles. The summed E-state index contributed by atoms with van der Waals surface area (Å²) in [7, 11) is 1.51. The van der Waals surface area contributed by atoms with Crippen LogP contribution in [0.4, 0.5) is 0 Å². The average Bonchev–Trinajstić information content (AvgIpc) is 3.03. The Balaban J connectivity index is 1.89. The molecule has 1 fully saturated rings. The van der Waals surface area contributed by atoms with Crippen LogP contribution < -0.4 is 0 Å². The van der Waals surface area contributed by atoms with E-state index in [1.165, 1.54) is 12.0 Å². The first-order valence-corrected chi connectivity index (χ1v) is 10.4. The number of ketones is 1. The fourth-order valence-electron chi connectivity index (χ4n) is 3.82. The number of carbonyl (C=O) groups is 2. The van der Waals surface area contributed by atoms with E-state index in [2.05, 4.69) is 0 Å². The molecule has 0 saturated carbocycles. The second-order valence-corrected chi connectivity index (χ2v) is 8.04. The first kappa shape index (κ1) is 21.4. The molecule has 1 N–H and O–H groups in total. The maximum absolute atomic E-state index is 13.0. The lowest BCUT2D eigenvalue weighted by molar-refractivity contribution is -0.140. The van der Waals surface area contributed by atoms with Gasteiger partial charge in [-0.1, -0.05) is 65.7 Å². The number of fused-ring (bicyclic) bond motifs is 1. The number of aliphatic hydroxyl groups is 1. The molecule has 1 unspecified atom stereocenters. The lowest BCUT2D eigenvalue weighted by Gasteiger charge is -2.25. The predicted octanol–water partition coefficient (Wildman–Crippen LogP) is 5.21. The zero-order chi connectivity index (χ0) is 22.1. The maximum atomic E-state index is 13.0. The summed E-state index contributed by atoms with van der Waals surface area (Å²) in [6, 6.07) is 17.2. The molecule has 158 valence electrons. The van der Waals surface area contributed by atoms with E-state index in [4.69, 9.17) is 27.9 Å². The molecule has 5 nitrogen and oxygen atoms in total. The fraction of sp³-hybridized carbons (Fsp3) is 0.167. The van der Waals surface area contributed by atoms with Crippen molar-refractivity contribution < 1.29 is 19.4 Å². The number of halogens is 2. The van der Waals surface area contributed by atoms with Crippen molar-refractivity contribution in [1.82, 2.24) is 4.90 Å². The highest BCUT2D eigenvalue weighted by Crippen LogP contribution is 2.41. The number of likely N-dealkylation sites (tertiary alicyclic amines) is 1. The molecule has 1 saturated heterocycles. The second-order valence-electron chi connectivity index (χ2n) is 7.22. The fourth-order valence-corrected chi connectivity index (χ4v) is 4.13. The lowest BCUT2D eigenvalue weighted by atomic mass is 9.94. The summed E-state index contributed by atoms with van der Waals surface area (Å²) in [6.07, 6.45) is 0. The van der Waals surface area contributed by atoms with Crippen molar-refractivity contribution in [2.75, 3.05) is 20.3 Å². The summed E-state index contributed by atoms with van der Waals surface area (Å²) in [5, 5.41) is 13.7. The Morgan fingerprint density at radius 3 is 2.45 bits per heavy atom. The van der Waals surface area contributed by atoms with Crippen molar-refractivity contribution in [3.63, 3.8) is 0 Å². The van der Waals surface area contributed by atoms with Crippen LogP contribution in [0.5, 0.6) is 0 Å². The van der Waals surface area contributed by atoms with Crippen molar-refractivity contribution in [3.05, 3.63) is 87.4 Å². The van der Waals surface area contributed by atoms with E-state index in [1.54, 1.807) is 30.3 Å². The second kappa shape index (κ2) is 8.71. The van der Waals surface area contributed by atoms with E-state index in [0.717, 1.165) is 10.8 Å². The van der Waals surface area contributed by atoms with Crippen LogP contribution in [0.2, 0.25) is 10.0 Å². The third kappa shape index (κ3) is 3.92. The van der Waals surface area contributed by atoms with Crippen LogP contribution in [0.25, 0.3) is 16.5 Å². The van der Waals surface area contributed by atoms with Crippen LogP contribution in [0.1, 0.15) is 17.2 Å². The number of aliphatic hydroxyl groups excluding tert-OH is 1. The Morgan fingerprint density at radius 2 is 1.74 bits per heavy atom. The molecule has 0 aliphatic carbocycles. The number of methoxy groups -OCH3 is 1. The van der Waals surface area contributed by atoms with Gasteiger partial charge in [-0.05, 0) is 34.5 Å². The highest BCUT2D eigenvalue weighted by molar-refractivity contribution is 6.47. The number of ether oxygens (including phenoxy) is 1. The van der Waals surface area contributed by atoms with E-state index in [0.29, 0.717) is 21.2 Å². The molecule has 1 heterocycles. The largest absolute Gasteiger partial charge is 0.507 e. The van der Waals surface area contributed by atoms with Crippen LogP contribution in [-0.2, 0) is 14.3 Å². The Morgan fingerprint density at radius 1 is 1.00 bits per heavy atom. The number of nitrogens with zero attached hydrogens (tertiary/aromatic N) is 1. The topological polar surface area (TPSA) is 66.8 Å². The van der Waals surface area contributed by atoms with E-state index in [9.17, 15) is 14.7 Å². The maximum Gasteiger partial charge on any atom is 0.295 e. The van der Waals surface area contributed by atoms with Crippen molar-refractivity contribution in [3.8, 4) is 0 Å². The lowest BCUT2D eigenvalue weighted by Crippen LogP contribution is -2.32. The summed E-state index contributed by atoms with van der Waals surface area (Å²) in [5.41, 5.74) is 1.04. The summed E-state index contributed by atoms with van der Waals surface area (Å²) >= 11 is 12.3. The number of hydrogen-bond donors (Lipinski definition) is 1. The van der Waals surface area contributed by atoms with Gasteiger partial charge < -0.3 is 14.7 Å². The van der Waals surface area contributed by atoms with Gasteiger partial charge in [-0.2, -0.15) is 0 Å². The zero-order valence-electron chi connectivity index (χ0n) is 16.6. The molecular weight excluding hydrogens is 437 g/mol. The Hall–Kier alpha value is -2.86.